The Balaban J connectivity index is -0.00000000569. The maximum atomic E-state index is 2.00. The summed E-state index contributed by atoms with van der Waals surface area (Å²) in [7, 11) is 0. The minimum Gasteiger partial charge on any atom is -0.0776 e. The molecule has 0 heterocycles. The zero-order chi connectivity index (χ0) is 24.0. The van der Waals surface area contributed by atoms with Crippen molar-refractivity contribution in [3.05, 3.63) is 0 Å². The van der Waals surface area contributed by atoms with Gasteiger partial charge < -0.3 is 0 Å². The molecule has 0 aliphatic rings. The maximum Gasteiger partial charge on any atom is -0.0683 e. The Bertz CT molecular complexity index is 0. The molecule has 0 atom stereocenters. The molecule has 0 bridgehead atoms. The van der Waals surface area contributed by atoms with Crippen molar-refractivity contribution in [3.8, 4) is 0 Å². The van der Waals surface area contributed by atoms with E-state index >= 15 is 0 Å². The number of hydrogen-bond donors (Lipinski definition) is 0. The number of rotatable bonds is 0. The fraction of sp³-hybridized carbons (Fsp3) is 1.00. The normalized spacial score (nSPS) is 2.88. The summed E-state index contributed by atoms with van der Waals surface area (Å²) >= 11 is 0. The van der Waals surface area contributed by atoms with Crippen molar-refractivity contribution >= 4 is 0 Å². The van der Waals surface area contributed by atoms with Crippen molar-refractivity contribution < 1.29 is 0 Å². The van der Waals surface area contributed by atoms with Gasteiger partial charge >= 0.3 is 0 Å². The van der Waals surface area contributed by atoms with Gasteiger partial charge in [0.05, 0.1) is 0 Å². The van der Waals surface area contributed by atoms with Crippen LogP contribution in [0.25, 0.3) is 0 Å². The van der Waals surface area contributed by atoms with Crippen LogP contribution in [-0.4, -0.2) is 0 Å². The van der Waals surface area contributed by atoms with E-state index in [1.807, 2.05) is 166 Å². The Hall–Kier alpha value is 0. The Morgan fingerprint density at radius 3 is 0.120 bits per heavy atom. The largest absolute Gasteiger partial charge is 0.0776 e. The fourth-order valence-electron chi connectivity index (χ4n) is 0. The molecule has 0 aliphatic carbocycles. The smallest absolute Gasteiger partial charge is 0.0683 e. The van der Waals surface area contributed by atoms with Crippen molar-refractivity contribution in [2.45, 2.75) is 174 Å². The Morgan fingerprint density at radius 2 is 0.120 bits per heavy atom. The molecule has 0 aromatic rings. The van der Waals surface area contributed by atoms with Gasteiger partial charge in [0.15, 0.2) is 0 Å². The SMILES string of the molecule is C.CC.CC.CC.CC.CC.CC.CC.CC.CC.CC.CC.CC. The lowest BCUT2D eigenvalue weighted by atomic mass is 11.0. The highest BCUT2D eigenvalue weighted by molar-refractivity contribution is 3.53. The van der Waals surface area contributed by atoms with Crippen LogP contribution in [0.5, 0.6) is 0 Å². The molecule has 0 aromatic carbocycles. The van der Waals surface area contributed by atoms with Gasteiger partial charge in [-0.05, 0) is 0 Å². The van der Waals surface area contributed by atoms with Crippen LogP contribution in [0, 0.1) is 0 Å². The van der Waals surface area contributed by atoms with Crippen LogP contribution in [-0.2, 0) is 0 Å². The molecule has 0 fully saturated rings. The Morgan fingerprint density at radius 1 is 0.120 bits per heavy atom. The quantitative estimate of drug-likeness (QED) is 0.394. The Kier molecular flexibility index (Phi) is 0. The molecule has 0 nitrogen and oxygen atoms in total. The minimum atomic E-state index is 0. The first-order valence-corrected chi connectivity index (χ1v) is 12.0. The molecule has 0 unspecified atom stereocenters. The molecule has 0 aromatic heterocycles. The second kappa shape index (κ2) is 0. The molecule has 0 saturated heterocycles. The summed E-state index contributed by atoms with van der Waals surface area (Å²) in [5.74, 6) is 0. The van der Waals surface area contributed by atoms with Crippen molar-refractivity contribution in [1.82, 2.24) is 0 Å². The summed E-state index contributed by atoms with van der Waals surface area (Å²) in [6, 6.07) is 0. The van der Waals surface area contributed by atoms with Crippen molar-refractivity contribution in [2.24, 2.45) is 0 Å². The minimum absolute atomic E-state index is 0. The molecule has 25 heavy (non-hydrogen) atoms. The Labute approximate surface area is 174 Å². The van der Waals surface area contributed by atoms with Crippen LogP contribution in [0.4, 0.5) is 0 Å². The summed E-state index contributed by atoms with van der Waals surface area (Å²) in [6.45, 7) is 48.0. The van der Waals surface area contributed by atoms with E-state index in [0.29, 0.717) is 0 Å². The van der Waals surface area contributed by atoms with Crippen LogP contribution >= 0.6 is 0 Å². The van der Waals surface area contributed by atoms with Crippen LogP contribution in [0.15, 0.2) is 0 Å². The molecule has 0 saturated carbocycles. The van der Waals surface area contributed by atoms with Crippen molar-refractivity contribution in [3.63, 3.8) is 0 Å². The van der Waals surface area contributed by atoms with Crippen molar-refractivity contribution in [1.29, 1.82) is 0 Å². The zero-order valence-corrected chi connectivity index (χ0v) is 24.0. The lowest BCUT2D eigenvalue weighted by Gasteiger charge is -1.07. The van der Waals surface area contributed by atoms with E-state index in [1.165, 1.54) is 0 Å². The lowest BCUT2D eigenvalue weighted by molar-refractivity contribution is 1.50. The van der Waals surface area contributed by atoms with Gasteiger partial charge in [-0.2, -0.15) is 0 Å². The molecule has 0 aliphatic heterocycles. The van der Waals surface area contributed by atoms with E-state index in [2.05, 4.69) is 0 Å². The standard InChI is InChI=1S/12C2H6.CH4/c12*1-2;/h12*1-2H3;1H4. The molecule has 0 amide bonds. The first-order chi connectivity index (χ1) is 12.0. The molecule has 0 heteroatoms. The highest BCUT2D eigenvalue weighted by atomic mass is 13.0. The predicted molar refractivity (Wildman–Crippen MR) is 143 cm³/mol. The van der Waals surface area contributed by atoms with Crippen LogP contribution in [0.3, 0.4) is 0 Å². The van der Waals surface area contributed by atoms with Gasteiger partial charge in [0.25, 0.3) is 0 Å². The third kappa shape index (κ3) is 0. The van der Waals surface area contributed by atoms with Gasteiger partial charge in [0.2, 0.25) is 0 Å². The van der Waals surface area contributed by atoms with E-state index < -0.39 is 0 Å². The molecule has 0 spiro atoms. The third-order valence-electron chi connectivity index (χ3n) is 0. The summed E-state index contributed by atoms with van der Waals surface area (Å²) in [5.41, 5.74) is 0. The molecular weight excluding hydrogens is 300 g/mol. The molecular formula is C25H76. The van der Waals surface area contributed by atoms with Crippen molar-refractivity contribution in [2.75, 3.05) is 0 Å². The molecule has 176 valence electrons. The monoisotopic (exact) mass is 377 g/mol. The van der Waals surface area contributed by atoms with E-state index in [9.17, 15) is 0 Å². The summed E-state index contributed by atoms with van der Waals surface area (Å²) in [6.07, 6.45) is 0. The summed E-state index contributed by atoms with van der Waals surface area (Å²) < 4.78 is 0. The van der Waals surface area contributed by atoms with E-state index in [1.54, 1.807) is 0 Å². The van der Waals surface area contributed by atoms with Crippen LogP contribution in [0.1, 0.15) is 174 Å². The van der Waals surface area contributed by atoms with E-state index in [0.717, 1.165) is 0 Å². The summed E-state index contributed by atoms with van der Waals surface area (Å²) in [4.78, 5) is 0. The molecule has 0 rings (SSSR count). The third-order valence-corrected chi connectivity index (χ3v) is 0. The van der Waals surface area contributed by atoms with E-state index in [-0.39, 0.29) is 7.43 Å². The average Bonchev–Trinajstić information content (AvgIpc) is 2.84. The van der Waals surface area contributed by atoms with Gasteiger partial charge in [0.1, 0.15) is 0 Å². The highest BCUT2D eigenvalue weighted by Gasteiger charge is 0.954. The van der Waals surface area contributed by atoms with Gasteiger partial charge in [-0.1, -0.05) is 174 Å². The topological polar surface area (TPSA) is 0 Å². The average molecular weight is 377 g/mol. The van der Waals surface area contributed by atoms with Crippen LogP contribution in [0.2, 0.25) is 0 Å². The first kappa shape index (κ1) is 100. The van der Waals surface area contributed by atoms with Gasteiger partial charge in [-0.25, -0.2) is 0 Å². The number of hydrogen-bond acceptors (Lipinski definition) is 0. The first-order valence-electron chi connectivity index (χ1n) is 12.0. The summed E-state index contributed by atoms with van der Waals surface area (Å²) in [5, 5.41) is 0. The van der Waals surface area contributed by atoms with Gasteiger partial charge in [-0.3, -0.25) is 0 Å². The second-order valence-corrected chi connectivity index (χ2v) is 0. The highest BCUT2D eigenvalue weighted by Crippen LogP contribution is 1.17. The lowest BCUT2D eigenvalue weighted by Crippen LogP contribution is -0.856. The molecule has 0 N–H and O–H groups in total. The second-order valence-electron chi connectivity index (χ2n) is 0. The van der Waals surface area contributed by atoms with Gasteiger partial charge in [0, 0.05) is 0 Å². The molecule has 0 radical (unpaired) electrons. The predicted octanol–water partition coefficient (Wildman–Crippen LogP) is 13.0. The fourth-order valence-corrected chi connectivity index (χ4v) is 0. The maximum absolute atomic E-state index is 2.00. The van der Waals surface area contributed by atoms with E-state index in [4.69, 9.17) is 0 Å². The van der Waals surface area contributed by atoms with Gasteiger partial charge in [-0.15, -0.1) is 0 Å². The van der Waals surface area contributed by atoms with Crippen LogP contribution < -0.4 is 0 Å². The zero-order valence-electron chi connectivity index (χ0n) is 24.0.